The van der Waals surface area contributed by atoms with E-state index in [0.717, 1.165) is 11.3 Å². The number of amides is 1. The van der Waals surface area contributed by atoms with E-state index in [4.69, 9.17) is 15.2 Å². The Balaban J connectivity index is 0.000000712. The number of hydrogen-bond donors (Lipinski definition) is 2. The number of methoxy groups -OCH3 is 1. The summed E-state index contributed by atoms with van der Waals surface area (Å²) in [6.45, 7) is 11.2. The molecule has 168 valence electrons. The molecule has 2 rings (SSSR count). The number of esters is 1. The lowest BCUT2D eigenvalue weighted by molar-refractivity contribution is 0.0515. The number of nitrogens with two attached hydrogens (primary N) is 1. The zero-order valence-corrected chi connectivity index (χ0v) is 18.7. The number of rotatable bonds is 7. The second-order valence-electron chi connectivity index (χ2n) is 5.43. The van der Waals surface area contributed by atoms with Crippen LogP contribution >= 0.6 is 0 Å². The lowest BCUT2D eigenvalue weighted by atomic mass is 10.2. The van der Waals surface area contributed by atoms with Crippen LogP contribution in [0.15, 0.2) is 30.6 Å². The fraction of sp³-hybridized carbons (Fsp3) is 0.476. The van der Waals surface area contributed by atoms with Crippen LogP contribution < -0.4 is 15.8 Å². The highest BCUT2D eigenvalue weighted by atomic mass is 16.5. The first-order chi connectivity index (χ1) is 14.5. The Morgan fingerprint density at radius 2 is 1.67 bits per heavy atom. The average Bonchev–Trinajstić information content (AvgIpc) is 3.11. The zero-order valence-electron chi connectivity index (χ0n) is 18.7. The Labute approximate surface area is 178 Å². The molecule has 0 aliphatic heterocycles. The van der Waals surface area contributed by atoms with Crippen LogP contribution in [0.3, 0.4) is 0 Å². The van der Waals surface area contributed by atoms with Crippen molar-refractivity contribution in [2.45, 2.75) is 41.2 Å². The fourth-order valence-electron chi connectivity index (χ4n) is 2.19. The van der Waals surface area contributed by atoms with E-state index in [9.17, 15) is 9.59 Å². The summed E-state index contributed by atoms with van der Waals surface area (Å²) in [5.74, 6) is 0.498. The predicted molar refractivity (Wildman–Crippen MR) is 117 cm³/mol. The van der Waals surface area contributed by atoms with Crippen LogP contribution in [0.4, 0.5) is 10.6 Å². The number of benzene rings is 1. The van der Waals surface area contributed by atoms with Gasteiger partial charge in [0.2, 0.25) is 0 Å². The van der Waals surface area contributed by atoms with E-state index in [1.165, 1.54) is 6.33 Å². The molecule has 0 saturated carbocycles. The largest absolute Gasteiger partial charge is 0.497 e. The monoisotopic (exact) mass is 422 g/mol. The fourth-order valence-corrected chi connectivity index (χ4v) is 2.19. The Morgan fingerprint density at radius 3 is 2.17 bits per heavy atom. The predicted octanol–water partition coefficient (Wildman–Crippen LogP) is 3.48. The molecule has 0 aliphatic carbocycles. The lowest BCUT2D eigenvalue weighted by Gasteiger charge is -2.09. The van der Waals surface area contributed by atoms with Crippen molar-refractivity contribution in [3.05, 3.63) is 41.9 Å². The van der Waals surface area contributed by atoms with E-state index in [-0.39, 0.29) is 17.6 Å². The SMILES string of the molecule is CC.CCNC(=O)OCC.CCOC(=O)c1c(N)ncn1Cc1ccc(OC)cc1. The van der Waals surface area contributed by atoms with E-state index in [0.29, 0.717) is 26.3 Å². The summed E-state index contributed by atoms with van der Waals surface area (Å²) in [7, 11) is 1.62. The molecule has 1 aromatic carbocycles. The Hall–Kier alpha value is -3.23. The molecule has 1 amide bonds. The van der Waals surface area contributed by atoms with E-state index < -0.39 is 5.97 Å². The number of carbonyl (C=O) groups is 2. The molecule has 0 bridgehead atoms. The third-order valence-corrected chi connectivity index (χ3v) is 3.44. The number of nitrogen functional groups attached to an aromatic ring is 1. The summed E-state index contributed by atoms with van der Waals surface area (Å²) in [6, 6.07) is 7.56. The molecule has 1 aromatic heterocycles. The van der Waals surface area contributed by atoms with Gasteiger partial charge in [-0.15, -0.1) is 0 Å². The van der Waals surface area contributed by atoms with Crippen molar-refractivity contribution in [1.29, 1.82) is 0 Å². The van der Waals surface area contributed by atoms with Crippen LogP contribution in [0, 0.1) is 0 Å². The highest BCUT2D eigenvalue weighted by molar-refractivity contribution is 5.92. The molecule has 0 spiro atoms. The summed E-state index contributed by atoms with van der Waals surface area (Å²) in [4.78, 5) is 26.1. The zero-order chi connectivity index (χ0) is 22.9. The quantitative estimate of drug-likeness (QED) is 0.656. The first kappa shape index (κ1) is 26.8. The molecule has 30 heavy (non-hydrogen) atoms. The maximum atomic E-state index is 11.9. The molecule has 9 heteroatoms. The molecule has 0 atom stereocenters. The summed E-state index contributed by atoms with van der Waals surface area (Å²) >= 11 is 0. The molecular weight excluding hydrogens is 388 g/mol. The van der Waals surface area contributed by atoms with Crippen LogP contribution in [-0.4, -0.2) is 48.5 Å². The van der Waals surface area contributed by atoms with Gasteiger partial charge in [-0.25, -0.2) is 14.6 Å². The summed E-state index contributed by atoms with van der Waals surface area (Å²) < 4.78 is 16.3. The number of carbonyl (C=O) groups excluding carboxylic acids is 2. The number of aromatic nitrogens is 2. The molecular formula is C21H34N4O5. The molecule has 0 fully saturated rings. The molecule has 0 saturated heterocycles. The topological polar surface area (TPSA) is 118 Å². The number of imidazole rings is 1. The second-order valence-corrected chi connectivity index (χ2v) is 5.43. The number of nitrogens with one attached hydrogen (secondary N) is 1. The average molecular weight is 423 g/mol. The van der Waals surface area contributed by atoms with E-state index in [2.05, 4.69) is 15.0 Å². The van der Waals surface area contributed by atoms with Crippen LogP contribution in [0.5, 0.6) is 5.75 Å². The van der Waals surface area contributed by atoms with Crippen molar-refractivity contribution in [1.82, 2.24) is 14.9 Å². The summed E-state index contributed by atoms with van der Waals surface area (Å²) in [5, 5.41) is 2.49. The van der Waals surface area contributed by atoms with Gasteiger partial charge in [0.05, 0.1) is 26.7 Å². The Bertz CT molecular complexity index is 736. The molecule has 1 heterocycles. The second kappa shape index (κ2) is 15.7. The number of anilines is 1. The van der Waals surface area contributed by atoms with Crippen molar-refractivity contribution in [2.75, 3.05) is 32.6 Å². The normalized spacial score (nSPS) is 9.27. The molecule has 9 nitrogen and oxygen atoms in total. The van der Waals surface area contributed by atoms with Gasteiger partial charge in [0.25, 0.3) is 0 Å². The minimum absolute atomic E-state index is 0.178. The molecule has 2 aromatic rings. The first-order valence-corrected chi connectivity index (χ1v) is 9.97. The smallest absolute Gasteiger partial charge is 0.407 e. The van der Waals surface area contributed by atoms with Crippen molar-refractivity contribution < 1.29 is 23.8 Å². The van der Waals surface area contributed by atoms with E-state index in [1.54, 1.807) is 25.5 Å². The van der Waals surface area contributed by atoms with Gasteiger partial charge >= 0.3 is 12.1 Å². The number of alkyl carbamates (subject to hydrolysis) is 1. The molecule has 0 unspecified atom stereocenters. The maximum Gasteiger partial charge on any atom is 0.407 e. The van der Waals surface area contributed by atoms with Crippen LogP contribution in [0.1, 0.15) is 50.7 Å². The van der Waals surface area contributed by atoms with Crippen molar-refractivity contribution in [3.63, 3.8) is 0 Å². The standard InChI is InChI=1S/C14H17N3O3.C5H11NO2.C2H6/c1-3-20-14(18)12-13(15)16-9-17(12)8-10-4-6-11(19-2)7-5-10;1-3-6-5(7)8-4-2;1-2/h4-7,9H,3,8,15H2,1-2H3;3-4H2,1-2H3,(H,6,7);1-2H3. The third-order valence-electron chi connectivity index (χ3n) is 3.44. The Kier molecular flexibility index (Phi) is 14.0. The van der Waals surface area contributed by atoms with Gasteiger partial charge in [-0.1, -0.05) is 26.0 Å². The highest BCUT2D eigenvalue weighted by Gasteiger charge is 2.18. The number of ether oxygens (including phenoxy) is 3. The van der Waals surface area contributed by atoms with Crippen molar-refractivity contribution in [3.8, 4) is 5.75 Å². The summed E-state index contributed by atoms with van der Waals surface area (Å²) in [6.07, 6.45) is 1.20. The minimum Gasteiger partial charge on any atom is -0.497 e. The third kappa shape index (κ3) is 9.31. The minimum atomic E-state index is -0.462. The van der Waals surface area contributed by atoms with Gasteiger partial charge in [-0.05, 0) is 38.5 Å². The lowest BCUT2D eigenvalue weighted by Crippen LogP contribution is -2.23. The maximum absolute atomic E-state index is 11.9. The molecule has 3 N–H and O–H groups in total. The van der Waals surface area contributed by atoms with Gasteiger partial charge in [0, 0.05) is 13.1 Å². The highest BCUT2D eigenvalue weighted by Crippen LogP contribution is 2.16. The van der Waals surface area contributed by atoms with Crippen molar-refractivity contribution in [2.24, 2.45) is 0 Å². The Morgan fingerprint density at radius 1 is 1.07 bits per heavy atom. The molecule has 0 aliphatic rings. The number of nitrogens with zero attached hydrogens (tertiary/aromatic N) is 2. The molecule has 0 radical (unpaired) electrons. The van der Waals surface area contributed by atoms with E-state index in [1.807, 2.05) is 45.0 Å². The van der Waals surface area contributed by atoms with Crippen LogP contribution in [-0.2, 0) is 16.0 Å². The van der Waals surface area contributed by atoms with E-state index >= 15 is 0 Å². The number of hydrogen-bond acceptors (Lipinski definition) is 7. The summed E-state index contributed by atoms with van der Waals surface area (Å²) in [5.41, 5.74) is 7.01. The van der Waals surface area contributed by atoms with Gasteiger partial charge in [-0.2, -0.15) is 0 Å². The van der Waals surface area contributed by atoms with Gasteiger partial charge in [-0.3, -0.25) is 0 Å². The van der Waals surface area contributed by atoms with Crippen LogP contribution in [0.25, 0.3) is 0 Å². The van der Waals surface area contributed by atoms with Gasteiger partial charge < -0.3 is 29.8 Å². The van der Waals surface area contributed by atoms with Crippen LogP contribution in [0.2, 0.25) is 0 Å². The van der Waals surface area contributed by atoms with Gasteiger partial charge in [0.1, 0.15) is 5.75 Å². The van der Waals surface area contributed by atoms with Crippen molar-refractivity contribution >= 4 is 17.9 Å². The first-order valence-electron chi connectivity index (χ1n) is 9.97. The van der Waals surface area contributed by atoms with Gasteiger partial charge in [0.15, 0.2) is 11.5 Å².